The lowest BCUT2D eigenvalue weighted by Crippen LogP contribution is -2.74. The quantitative estimate of drug-likeness (QED) is 0.131. The Balaban J connectivity index is 1.13. The Kier molecular flexibility index (Phi) is 6.79. The van der Waals surface area contributed by atoms with Gasteiger partial charge in [0.25, 0.3) is 0 Å². The zero-order chi connectivity index (χ0) is 33.8. The molecule has 0 N–H and O–H groups in total. The molecule has 0 bridgehead atoms. The second kappa shape index (κ2) is 11.8. The van der Waals surface area contributed by atoms with Crippen molar-refractivity contribution < 1.29 is 8.83 Å². The summed E-state index contributed by atoms with van der Waals surface area (Å²) in [6.07, 6.45) is 3.28. The summed E-state index contributed by atoms with van der Waals surface area (Å²) in [5.74, 6) is 0. The molecule has 0 aliphatic rings. The molecule has 51 heavy (non-hydrogen) atoms. The first kappa shape index (κ1) is 29.4. The summed E-state index contributed by atoms with van der Waals surface area (Å²) in [4.78, 5) is 8.60. The van der Waals surface area contributed by atoms with Crippen molar-refractivity contribution in [3.63, 3.8) is 0 Å². The smallest absolute Gasteiger partial charge is 0.179 e. The van der Waals surface area contributed by atoms with Crippen molar-refractivity contribution in [1.29, 1.82) is 0 Å². The van der Waals surface area contributed by atoms with Crippen LogP contribution >= 0.6 is 0 Å². The predicted molar refractivity (Wildman–Crippen MR) is 211 cm³/mol. The maximum atomic E-state index is 6.38. The summed E-state index contributed by atoms with van der Waals surface area (Å²) in [5.41, 5.74) is 8.58. The number of rotatable bonds is 6. The molecule has 10 aromatic rings. The van der Waals surface area contributed by atoms with Crippen LogP contribution in [-0.4, -0.2) is 18.0 Å². The van der Waals surface area contributed by atoms with Crippen LogP contribution < -0.4 is 20.7 Å². The van der Waals surface area contributed by atoms with E-state index in [1.165, 1.54) is 26.3 Å². The lowest BCUT2D eigenvalue weighted by Gasteiger charge is -2.34. The van der Waals surface area contributed by atoms with Crippen LogP contribution in [0.25, 0.3) is 66.3 Å². The van der Waals surface area contributed by atoms with Crippen molar-refractivity contribution in [2.24, 2.45) is 0 Å². The average molecular weight is 671 g/mol. The van der Waals surface area contributed by atoms with Crippen LogP contribution in [0.3, 0.4) is 0 Å². The van der Waals surface area contributed by atoms with Crippen LogP contribution in [0.15, 0.2) is 191 Å². The topological polar surface area (TPSA) is 52.1 Å². The number of fused-ring (bicyclic) bond motifs is 6. The summed E-state index contributed by atoms with van der Waals surface area (Å²) in [5, 5.41) is 8.57. The number of hydrogen-bond acceptors (Lipinski definition) is 4. The van der Waals surface area contributed by atoms with Crippen molar-refractivity contribution in [3.05, 3.63) is 182 Å². The zero-order valence-electron chi connectivity index (χ0n) is 27.5. The Labute approximate surface area is 295 Å². The van der Waals surface area contributed by atoms with Gasteiger partial charge in [0, 0.05) is 16.2 Å². The number of furan rings is 2. The first-order chi connectivity index (χ1) is 25.3. The van der Waals surface area contributed by atoms with E-state index in [-0.39, 0.29) is 0 Å². The molecule has 0 fully saturated rings. The van der Waals surface area contributed by atoms with E-state index < -0.39 is 8.07 Å². The summed E-state index contributed by atoms with van der Waals surface area (Å²) < 4.78 is 12.4. The zero-order valence-corrected chi connectivity index (χ0v) is 28.5. The van der Waals surface area contributed by atoms with Gasteiger partial charge in [-0.1, -0.05) is 133 Å². The summed E-state index contributed by atoms with van der Waals surface area (Å²) in [7, 11) is -2.66. The second-order valence-corrected chi connectivity index (χ2v) is 16.8. The minimum atomic E-state index is -2.66. The molecule has 3 heterocycles. The van der Waals surface area contributed by atoms with Crippen molar-refractivity contribution >= 4 is 72.8 Å². The molecule has 240 valence electrons. The van der Waals surface area contributed by atoms with E-state index in [1.54, 1.807) is 12.5 Å². The Morgan fingerprint density at radius 1 is 0.373 bits per heavy atom. The minimum absolute atomic E-state index is 0.689. The Morgan fingerprint density at radius 2 is 0.824 bits per heavy atom. The predicted octanol–water partition coefficient (Wildman–Crippen LogP) is 8.99. The molecule has 10 rings (SSSR count). The van der Waals surface area contributed by atoms with Crippen LogP contribution in [0, 0.1) is 0 Å². The average Bonchev–Trinajstić information content (AvgIpc) is 3.77. The fourth-order valence-corrected chi connectivity index (χ4v) is 12.6. The van der Waals surface area contributed by atoms with E-state index in [1.807, 2.05) is 6.07 Å². The van der Waals surface area contributed by atoms with Crippen molar-refractivity contribution in [3.8, 4) is 22.3 Å². The van der Waals surface area contributed by atoms with Gasteiger partial charge >= 0.3 is 0 Å². The molecular formula is C46H30N2O2Si. The first-order valence-electron chi connectivity index (χ1n) is 17.1. The summed E-state index contributed by atoms with van der Waals surface area (Å²) in [6.45, 7) is 0. The van der Waals surface area contributed by atoms with Gasteiger partial charge in [-0.2, -0.15) is 0 Å². The van der Waals surface area contributed by atoms with Crippen molar-refractivity contribution in [1.82, 2.24) is 9.97 Å². The van der Waals surface area contributed by atoms with Gasteiger partial charge in [-0.15, -0.1) is 0 Å². The van der Waals surface area contributed by atoms with Crippen LogP contribution in [0.1, 0.15) is 0 Å². The summed E-state index contributed by atoms with van der Waals surface area (Å²) in [6, 6.07) is 61.6. The Hall–Kier alpha value is -6.56. The van der Waals surface area contributed by atoms with E-state index in [2.05, 4.69) is 174 Å². The second-order valence-electron chi connectivity index (χ2n) is 13.0. The lowest BCUT2D eigenvalue weighted by atomic mass is 9.99. The highest BCUT2D eigenvalue weighted by molar-refractivity contribution is 7.19. The van der Waals surface area contributed by atoms with E-state index >= 15 is 0 Å². The molecule has 5 heteroatoms. The molecule has 0 aliphatic heterocycles. The molecule has 0 aliphatic carbocycles. The van der Waals surface area contributed by atoms with Crippen LogP contribution in [0.2, 0.25) is 0 Å². The van der Waals surface area contributed by atoms with Gasteiger partial charge in [0.05, 0.1) is 6.20 Å². The number of nitrogens with zero attached hydrogens (tertiary/aromatic N) is 2. The van der Waals surface area contributed by atoms with Crippen molar-refractivity contribution in [2.75, 3.05) is 0 Å². The summed E-state index contributed by atoms with van der Waals surface area (Å²) >= 11 is 0. The van der Waals surface area contributed by atoms with Gasteiger partial charge < -0.3 is 8.83 Å². The highest BCUT2D eigenvalue weighted by Crippen LogP contribution is 2.36. The number of benzene rings is 7. The molecule has 3 aromatic heterocycles. The van der Waals surface area contributed by atoms with Gasteiger partial charge in [-0.25, -0.2) is 9.97 Å². The molecular weight excluding hydrogens is 641 g/mol. The fourth-order valence-electron chi connectivity index (χ4n) is 7.83. The molecule has 0 saturated heterocycles. The van der Waals surface area contributed by atoms with E-state index in [4.69, 9.17) is 8.83 Å². The monoisotopic (exact) mass is 670 g/mol. The highest BCUT2D eigenvalue weighted by Gasteiger charge is 2.41. The maximum Gasteiger partial charge on any atom is 0.179 e. The lowest BCUT2D eigenvalue weighted by molar-refractivity contribution is 0.665. The van der Waals surface area contributed by atoms with Crippen LogP contribution in [0.4, 0.5) is 0 Å². The molecule has 0 atom stereocenters. The standard InChI is InChI=1S/C46H30N2O2Si/c1-4-12-35(13-5-1)51(36-14-6-2-7-15-36,37-16-8-3-9-17-37)38-18-10-11-31(25-38)32-19-22-42-39(26-32)40-27-33(20-23-43(40)49-42)34-21-24-44-41(28-34)46-45(50-44)29-47-30-48-46/h1-30H. The van der Waals surface area contributed by atoms with Crippen LogP contribution in [0.5, 0.6) is 0 Å². The van der Waals surface area contributed by atoms with E-state index in [9.17, 15) is 0 Å². The van der Waals surface area contributed by atoms with Crippen LogP contribution in [-0.2, 0) is 0 Å². The third kappa shape index (κ3) is 4.74. The maximum absolute atomic E-state index is 6.38. The normalized spacial score (nSPS) is 11.9. The minimum Gasteiger partial charge on any atom is -0.456 e. The molecule has 0 saturated carbocycles. The Bertz CT molecular complexity index is 2770. The molecule has 0 amide bonds. The van der Waals surface area contributed by atoms with Gasteiger partial charge in [0.2, 0.25) is 0 Å². The van der Waals surface area contributed by atoms with Crippen molar-refractivity contribution in [2.45, 2.75) is 0 Å². The van der Waals surface area contributed by atoms with Gasteiger partial charge in [-0.05, 0) is 79.4 Å². The Morgan fingerprint density at radius 3 is 1.37 bits per heavy atom. The number of hydrogen-bond donors (Lipinski definition) is 0. The first-order valence-corrected chi connectivity index (χ1v) is 19.1. The molecule has 4 nitrogen and oxygen atoms in total. The van der Waals surface area contributed by atoms with Gasteiger partial charge in [0.15, 0.2) is 13.7 Å². The highest BCUT2D eigenvalue weighted by atomic mass is 28.3. The molecule has 0 radical (unpaired) electrons. The molecule has 7 aromatic carbocycles. The van der Waals surface area contributed by atoms with E-state index in [0.717, 1.165) is 55.1 Å². The SMILES string of the molecule is c1ccc([Si](c2ccccc2)(c2ccccc2)c2cccc(-c3ccc4oc5ccc(-c6ccc7oc8cncnc8c7c6)cc5c4c3)c2)cc1. The third-order valence-corrected chi connectivity index (χ3v) is 15.0. The molecule has 0 spiro atoms. The third-order valence-electron chi connectivity index (χ3n) is 10.2. The fraction of sp³-hybridized carbons (Fsp3) is 0. The van der Waals surface area contributed by atoms with Gasteiger partial charge in [0.1, 0.15) is 28.6 Å². The van der Waals surface area contributed by atoms with E-state index in [0.29, 0.717) is 5.58 Å². The van der Waals surface area contributed by atoms with Gasteiger partial charge in [-0.3, -0.25) is 0 Å². The molecule has 0 unspecified atom stereocenters. The largest absolute Gasteiger partial charge is 0.456 e. The number of aromatic nitrogens is 2.